The van der Waals surface area contributed by atoms with Gasteiger partial charge < -0.3 is 52.3 Å². The summed E-state index contributed by atoms with van der Waals surface area (Å²) in [5, 5.41) is 8.44. The Hall–Kier alpha value is -5.92. The van der Waals surface area contributed by atoms with Gasteiger partial charge in [-0.1, -0.05) is 36.4 Å². The van der Waals surface area contributed by atoms with Crippen LogP contribution >= 0.6 is 0 Å². The maximum Gasteiger partial charge on any atom is 0.119 e. The fourth-order valence-corrected chi connectivity index (χ4v) is 7.57. The first kappa shape index (κ1) is 41.8. The molecule has 0 saturated carbocycles. The van der Waals surface area contributed by atoms with Gasteiger partial charge in [0.1, 0.15) is 24.7 Å². The van der Waals surface area contributed by atoms with Gasteiger partial charge in [0.15, 0.2) is 0 Å². The number of aromatic nitrogens is 2. The van der Waals surface area contributed by atoms with Gasteiger partial charge in [-0.05, 0) is 97.1 Å². The van der Waals surface area contributed by atoms with Crippen LogP contribution in [0.3, 0.4) is 0 Å². The van der Waals surface area contributed by atoms with Crippen molar-refractivity contribution in [2.24, 2.45) is 0 Å². The lowest BCUT2D eigenvalue weighted by molar-refractivity contribution is 0.0180. The van der Waals surface area contributed by atoms with E-state index in [1.54, 1.807) is 14.2 Å². The van der Waals surface area contributed by atoms with E-state index in [-0.39, 0.29) is 0 Å². The zero-order valence-electron chi connectivity index (χ0n) is 34.8. The molecule has 11 heteroatoms. The second-order valence-corrected chi connectivity index (χ2v) is 14.4. The van der Waals surface area contributed by atoms with E-state index in [1.807, 2.05) is 24.3 Å². The number of methoxy groups -OCH3 is 2. The predicted octanol–water partition coefficient (Wildman–Crippen LogP) is 9.74. The molecule has 8 rings (SSSR count). The van der Waals surface area contributed by atoms with Crippen LogP contribution in [0.2, 0.25) is 0 Å². The van der Waals surface area contributed by atoms with E-state index < -0.39 is 0 Å². The predicted molar refractivity (Wildman–Crippen MR) is 243 cm³/mol. The van der Waals surface area contributed by atoms with Crippen LogP contribution < -0.4 is 14.8 Å². The SMILES string of the molecule is COCCOCCOCCOc1ccc(-n2c3ccccc3c3cc(Nc4ccc5c(c4)c4ccccc4n5-c4ccc(OCCOCCOCCOC)cc4)ccc32)cc1. The molecule has 1 N–H and O–H groups in total. The maximum atomic E-state index is 5.96. The van der Waals surface area contributed by atoms with Gasteiger partial charge in [-0.15, -0.1) is 0 Å². The Balaban J connectivity index is 0.949. The van der Waals surface area contributed by atoms with Crippen molar-refractivity contribution in [2.45, 2.75) is 0 Å². The third-order valence-electron chi connectivity index (χ3n) is 10.4. The van der Waals surface area contributed by atoms with E-state index in [1.165, 1.54) is 21.5 Å². The van der Waals surface area contributed by atoms with Gasteiger partial charge in [0.2, 0.25) is 0 Å². The molecule has 2 heterocycles. The molecule has 0 atom stereocenters. The molecule has 2 aromatic heterocycles. The summed E-state index contributed by atoms with van der Waals surface area (Å²) in [5.41, 5.74) is 8.70. The molecule has 316 valence electrons. The van der Waals surface area contributed by atoms with Crippen LogP contribution in [0.25, 0.3) is 55.0 Å². The lowest BCUT2D eigenvalue weighted by atomic mass is 10.1. The summed E-state index contributed by atoms with van der Waals surface area (Å²) in [7, 11) is 3.32. The number of fused-ring (bicyclic) bond motifs is 6. The summed E-state index contributed by atoms with van der Waals surface area (Å²) in [6, 6.07) is 46.8. The van der Waals surface area contributed by atoms with Gasteiger partial charge in [-0.25, -0.2) is 0 Å². The second-order valence-electron chi connectivity index (χ2n) is 14.4. The van der Waals surface area contributed by atoms with Gasteiger partial charge in [0, 0.05) is 58.5 Å². The summed E-state index contributed by atoms with van der Waals surface area (Å²) in [6.45, 7) is 6.34. The Morgan fingerprint density at radius 1 is 0.361 bits per heavy atom. The molecule has 0 fully saturated rings. The first-order valence-corrected chi connectivity index (χ1v) is 20.8. The zero-order chi connectivity index (χ0) is 41.6. The Morgan fingerprint density at radius 2 is 0.721 bits per heavy atom. The van der Waals surface area contributed by atoms with Crippen molar-refractivity contribution in [3.8, 4) is 22.9 Å². The first-order valence-electron chi connectivity index (χ1n) is 20.8. The third kappa shape index (κ3) is 10.2. The van der Waals surface area contributed by atoms with Crippen LogP contribution in [-0.4, -0.2) is 103 Å². The van der Waals surface area contributed by atoms with Gasteiger partial charge in [0.25, 0.3) is 0 Å². The zero-order valence-corrected chi connectivity index (χ0v) is 34.8. The first-order chi connectivity index (χ1) is 30.2. The molecule has 8 aromatic rings. The Bertz CT molecular complexity index is 2440. The standard InChI is InChI=1S/C50H53N3O8/c1-54-23-25-56-27-29-58-31-33-60-41-17-13-39(14-18-41)52-47-9-5-3-7-43(47)45-35-37(11-21-49(45)52)51-38-12-22-50-46(36-38)44-8-4-6-10-48(44)53(50)40-15-19-42(20-16-40)61-34-32-59-30-28-57-26-24-55-2/h3-22,35-36,51H,23-34H2,1-2H3. The van der Waals surface area contributed by atoms with Crippen molar-refractivity contribution in [1.29, 1.82) is 0 Å². The van der Waals surface area contributed by atoms with Crippen LogP contribution in [0.15, 0.2) is 133 Å². The fraction of sp³-hybridized carbons (Fsp3) is 0.280. The topological polar surface area (TPSA) is 95.7 Å². The molecule has 61 heavy (non-hydrogen) atoms. The number of hydrogen-bond donors (Lipinski definition) is 1. The summed E-state index contributed by atoms with van der Waals surface area (Å²) in [5.74, 6) is 1.60. The van der Waals surface area contributed by atoms with Crippen molar-refractivity contribution < 1.29 is 37.9 Å². The third-order valence-corrected chi connectivity index (χ3v) is 10.4. The summed E-state index contributed by atoms with van der Waals surface area (Å²) < 4.78 is 48.7. The van der Waals surface area contributed by atoms with E-state index in [0.717, 1.165) is 56.3 Å². The Kier molecular flexibility index (Phi) is 14.4. The lowest BCUT2D eigenvalue weighted by Gasteiger charge is -2.12. The van der Waals surface area contributed by atoms with Gasteiger partial charge >= 0.3 is 0 Å². The molecule has 0 aliphatic rings. The normalized spacial score (nSPS) is 11.6. The van der Waals surface area contributed by atoms with Crippen LogP contribution in [0.4, 0.5) is 11.4 Å². The number of benzene rings is 6. The van der Waals surface area contributed by atoms with E-state index >= 15 is 0 Å². The largest absolute Gasteiger partial charge is 0.491 e. The molecule has 0 radical (unpaired) electrons. The highest BCUT2D eigenvalue weighted by molar-refractivity contribution is 6.12. The van der Waals surface area contributed by atoms with Crippen LogP contribution in [0.5, 0.6) is 11.5 Å². The summed E-state index contributed by atoms with van der Waals surface area (Å²) in [4.78, 5) is 0. The fourth-order valence-electron chi connectivity index (χ4n) is 7.57. The smallest absolute Gasteiger partial charge is 0.119 e. The lowest BCUT2D eigenvalue weighted by Crippen LogP contribution is -2.12. The number of para-hydroxylation sites is 2. The minimum absolute atomic E-state index is 0.465. The molecule has 0 unspecified atom stereocenters. The van der Waals surface area contributed by atoms with E-state index in [9.17, 15) is 0 Å². The highest BCUT2D eigenvalue weighted by atomic mass is 16.6. The number of hydrogen-bond acceptors (Lipinski definition) is 9. The van der Waals surface area contributed by atoms with Crippen LogP contribution in [0.1, 0.15) is 0 Å². The number of rotatable bonds is 24. The van der Waals surface area contributed by atoms with Crippen molar-refractivity contribution in [3.05, 3.63) is 133 Å². The summed E-state index contributed by atoms with van der Waals surface area (Å²) in [6.07, 6.45) is 0. The Morgan fingerprint density at radius 3 is 1.13 bits per heavy atom. The highest BCUT2D eigenvalue weighted by Crippen LogP contribution is 2.37. The molecule has 0 amide bonds. The minimum atomic E-state index is 0.465. The van der Waals surface area contributed by atoms with Gasteiger partial charge in [0.05, 0.1) is 88.1 Å². The van der Waals surface area contributed by atoms with Crippen molar-refractivity contribution in [1.82, 2.24) is 9.13 Å². The van der Waals surface area contributed by atoms with E-state index in [0.29, 0.717) is 79.3 Å². The van der Waals surface area contributed by atoms with Crippen LogP contribution in [-0.2, 0) is 28.4 Å². The second kappa shape index (κ2) is 21.0. The minimum Gasteiger partial charge on any atom is -0.491 e. The number of ether oxygens (including phenoxy) is 8. The molecule has 6 aromatic carbocycles. The molecular formula is C50H53N3O8. The molecule has 0 saturated heterocycles. The monoisotopic (exact) mass is 823 g/mol. The van der Waals surface area contributed by atoms with Gasteiger partial charge in [-0.2, -0.15) is 0 Å². The molecular weight excluding hydrogens is 771 g/mol. The van der Waals surface area contributed by atoms with Crippen molar-refractivity contribution in [2.75, 3.05) is 98.8 Å². The van der Waals surface area contributed by atoms with Crippen molar-refractivity contribution >= 4 is 55.0 Å². The molecule has 0 bridgehead atoms. The number of nitrogens with zero attached hydrogens (tertiary/aromatic N) is 2. The molecule has 0 aliphatic carbocycles. The maximum absolute atomic E-state index is 5.96. The molecule has 11 nitrogen and oxygen atoms in total. The average molecular weight is 824 g/mol. The number of nitrogens with one attached hydrogen (secondary N) is 1. The van der Waals surface area contributed by atoms with Crippen LogP contribution in [0, 0.1) is 0 Å². The van der Waals surface area contributed by atoms with Crippen molar-refractivity contribution in [3.63, 3.8) is 0 Å². The highest BCUT2D eigenvalue weighted by Gasteiger charge is 2.15. The molecule has 0 spiro atoms. The number of anilines is 2. The average Bonchev–Trinajstić information content (AvgIpc) is 3.80. The Labute approximate surface area is 356 Å². The van der Waals surface area contributed by atoms with E-state index in [4.69, 9.17) is 37.9 Å². The van der Waals surface area contributed by atoms with E-state index in [2.05, 4.69) is 124 Å². The quantitative estimate of drug-likeness (QED) is 0.0598. The summed E-state index contributed by atoms with van der Waals surface area (Å²) >= 11 is 0. The van der Waals surface area contributed by atoms with Gasteiger partial charge in [-0.3, -0.25) is 0 Å². The molecule has 0 aliphatic heterocycles.